The molecule has 4 rings (SSSR count). The number of carboxylic acid groups (broad SMARTS) is 1. The van der Waals surface area contributed by atoms with Crippen LogP contribution in [0.5, 0.6) is 0 Å². The predicted octanol–water partition coefficient (Wildman–Crippen LogP) is 3.47. The summed E-state index contributed by atoms with van der Waals surface area (Å²) in [6.45, 7) is 2.19. The number of fused-ring (bicyclic) bond motifs is 1. The highest BCUT2D eigenvalue weighted by Gasteiger charge is 2.56. The number of nitrogens with zero attached hydrogens (tertiary/aromatic N) is 3. The van der Waals surface area contributed by atoms with Crippen LogP contribution in [0.1, 0.15) is 43.0 Å². The van der Waals surface area contributed by atoms with Gasteiger partial charge in [-0.15, -0.1) is 0 Å². The molecule has 1 aliphatic rings. The number of rotatable bonds is 7. The zero-order valence-corrected chi connectivity index (χ0v) is 17.0. The van der Waals surface area contributed by atoms with Gasteiger partial charge in [-0.1, -0.05) is 24.3 Å². The standard InChI is InChI=1S/C23H27N3O3/c1-15(25(2)3)20(26-11-10-24-14-26)18-6-4-17-13-19(7-5-16(17)12-18)21(27)23(8-9-23)22(28)29/h4-7,10-15,20-21,27H,8-9H2,1-3H3,(H,28,29). The van der Waals surface area contributed by atoms with E-state index >= 15 is 0 Å². The molecular weight excluding hydrogens is 366 g/mol. The van der Waals surface area contributed by atoms with Crippen molar-refractivity contribution in [2.45, 2.75) is 38.0 Å². The summed E-state index contributed by atoms with van der Waals surface area (Å²) in [5.74, 6) is -0.915. The van der Waals surface area contributed by atoms with Gasteiger partial charge < -0.3 is 19.7 Å². The van der Waals surface area contributed by atoms with Gasteiger partial charge in [0, 0.05) is 18.4 Å². The first-order valence-corrected chi connectivity index (χ1v) is 9.92. The number of hydrogen-bond donors (Lipinski definition) is 2. The quantitative estimate of drug-likeness (QED) is 0.643. The lowest BCUT2D eigenvalue weighted by atomic mass is 9.90. The Kier molecular flexibility index (Phi) is 4.92. The molecule has 3 unspecified atom stereocenters. The van der Waals surface area contributed by atoms with Gasteiger partial charge in [-0.3, -0.25) is 4.79 Å². The Morgan fingerprint density at radius 2 is 1.76 bits per heavy atom. The van der Waals surface area contributed by atoms with Gasteiger partial charge in [-0.25, -0.2) is 4.98 Å². The summed E-state index contributed by atoms with van der Waals surface area (Å²) in [4.78, 5) is 17.9. The van der Waals surface area contributed by atoms with Crippen molar-refractivity contribution in [2.75, 3.05) is 14.1 Å². The normalized spacial score (nSPS) is 18.5. The minimum atomic E-state index is -1.01. The van der Waals surface area contributed by atoms with Crippen LogP contribution in [-0.4, -0.2) is 50.8 Å². The maximum absolute atomic E-state index is 11.5. The van der Waals surface area contributed by atoms with Gasteiger partial charge in [0.15, 0.2) is 0 Å². The third kappa shape index (κ3) is 3.43. The lowest BCUT2D eigenvalue weighted by Crippen LogP contribution is -2.34. The highest BCUT2D eigenvalue weighted by molar-refractivity contribution is 5.85. The van der Waals surface area contributed by atoms with Crippen LogP contribution in [0.25, 0.3) is 10.8 Å². The molecule has 0 aliphatic heterocycles. The average Bonchev–Trinajstić information content (AvgIpc) is 3.36. The molecule has 3 aromatic rings. The maximum Gasteiger partial charge on any atom is 0.312 e. The van der Waals surface area contributed by atoms with Gasteiger partial charge in [0.1, 0.15) is 0 Å². The van der Waals surface area contributed by atoms with Gasteiger partial charge in [0.25, 0.3) is 0 Å². The SMILES string of the molecule is CC(C(c1ccc2cc(C(O)C3(C(=O)O)CC3)ccc2c1)n1ccnc1)N(C)C. The van der Waals surface area contributed by atoms with E-state index in [9.17, 15) is 15.0 Å². The number of carbonyl (C=O) groups is 1. The number of aliphatic carboxylic acids is 1. The van der Waals surface area contributed by atoms with Crippen molar-refractivity contribution in [3.8, 4) is 0 Å². The van der Waals surface area contributed by atoms with E-state index in [4.69, 9.17) is 0 Å². The zero-order valence-electron chi connectivity index (χ0n) is 17.0. The fourth-order valence-electron chi connectivity index (χ4n) is 4.11. The van der Waals surface area contributed by atoms with Gasteiger partial charge in [-0.05, 0) is 67.9 Å². The van der Waals surface area contributed by atoms with E-state index in [1.54, 1.807) is 6.20 Å². The number of carboxylic acids is 1. The number of hydrogen-bond acceptors (Lipinski definition) is 4. The highest BCUT2D eigenvalue weighted by atomic mass is 16.4. The smallest absolute Gasteiger partial charge is 0.312 e. The van der Waals surface area contributed by atoms with E-state index in [1.807, 2.05) is 36.8 Å². The van der Waals surface area contributed by atoms with E-state index in [2.05, 4.69) is 47.6 Å². The molecule has 1 aromatic heterocycles. The Balaban J connectivity index is 1.70. The minimum absolute atomic E-state index is 0.115. The number of benzene rings is 2. The summed E-state index contributed by atoms with van der Waals surface area (Å²) >= 11 is 0. The first-order chi connectivity index (χ1) is 13.8. The van der Waals surface area contributed by atoms with Gasteiger partial charge in [0.05, 0.1) is 23.9 Å². The van der Waals surface area contributed by atoms with E-state index in [0.29, 0.717) is 18.4 Å². The summed E-state index contributed by atoms with van der Waals surface area (Å²) in [6.07, 6.45) is 5.69. The highest BCUT2D eigenvalue weighted by Crippen LogP contribution is 2.55. The number of likely N-dealkylation sites (N-methyl/N-ethyl adjacent to an activating group) is 1. The molecule has 0 spiro atoms. The Morgan fingerprint density at radius 3 is 2.28 bits per heavy atom. The Bertz CT molecular complexity index is 1030. The number of aliphatic hydroxyl groups excluding tert-OH is 1. The maximum atomic E-state index is 11.5. The first-order valence-electron chi connectivity index (χ1n) is 9.92. The lowest BCUT2D eigenvalue weighted by Gasteiger charge is -2.31. The fourth-order valence-corrected chi connectivity index (χ4v) is 4.11. The number of imidazole rings is 1. The Hall–Kier alpha value is -2.70. The van der Waals surface area contributed by atoms with Crippen LogP contribution in [0.15, 0.2) is 55.1 Å². The molecule has 2 aromatic carbocycles. The fraction of sp³-hybridized carbons (Fsp3) is 0.391. The molecule has 29 heavy (non-hydrogen) atoms. The largest absolute Gasteiger partial charge is 0.481 e. The van der Waals surface area contributed by atoms with Crippen molar-refractivity contribution in [1.29, 1.82) is 0 Å². The number of aliphatic hydroxyl groups is 1. The first kappa shape index (κ1) is 19.6. The molecule has 6 heteroatoms. The van der Waals surface area contributed by atoms with Gasteiger partial charge >= 0.3 is 5.97 Å². The zero-order chi connectivity index (χ0) is 20.8. The molecule has 0 saturated heterocycles. The van der Waals surface area contributed by atoms with Crippen LogP contribution >= 0.6 is 0 Å². The molecule has 0 radical (unpaired) electrons. The predicted molar refractivity (Wildman–Crippen MR) is 112 cm³/mol. The van der Waals surface area contributed by atoms with Crippen LogP contribution in [0.2, 0.25) is 0 Å². The van der Waals surface area contributed by atoms with Gasteiger partial charge in [0.2, 0.25) is 0 Å². The van der Waals surface area contributed by atoms with Crippen molar-refractivity contribution in [2.24, 2.45) is 5.41 Å². The van der Waals surface area contributed by atoms with E-state index in [-0.39, 0.29) is 12.1 Å². The molecule has 3 atom stereocenters. The molecule has 0 amide bonds. The van der Waals surface area contributed by atoms with Crippen molar-refractivity contribution in [1.82, 2.24) is 14.5 Å². The molecule has 1 heterocycles. The Morgan fingerprint density at radius 1 is 1.14 bits per heavy atom. The van der Waals surface area contributed by atoms with Crippen LogP contribution in [0.3, 0.4) is 0 Å². The molecule has 2 N–H and O–H groups in total. The van der Waals surface area contributed by atoms with E-state index < -0.39 is 17.5 Å². The average molecular weight is 393 g/mol. The van der Waals surface area contributed by atoms with Crippen LogP contribution in [0.4, 0.5) is 0 Å². The molecule has 0 bridgehead atoms. The molecule has 152 valence electrons. The third-order valence-electron chi connectivity index (χ3n) is 6.40. The van der Waals surface area contributed by atoms with Crippen molar-refractivity contribution < 1.29 is 15.0 Å². The van der Waals surface area contributed by atoms with Gasteiger partial charge in [-0.2, -0.15) is 0 Å². The second kappa shape index (κ2) is 7.28. The minimum Gasteiger partial charge on any atom is -0.481 e. The van der Waals surface area contributed by atoms with Crippen molar-refractivity contribution >= 4 is 16.7 Å². The molecule has 1 aliphatic carbocycles. The molecule has 1 fully saturated rings. The summed E-state index contributed by atoms with van der Waals surface area (Å²) in [5.41, 5.74) is 0.827. The summed E-state index contributed by atoms with van der Waals surface area (Å²) in [5, 5.41) is 22.2. The van der Waals surface area contributed by atoms with Crippen LogP contribution < -0.4 is 0 Å². The van der Waals surface area contributed by atoms with Crippen LogP contribution in [-0.2, 0) is 4.79 Å². The van der Waals surface area contributed by atoms with E-state index in [1.165, 1.54) is 5.56 Å². The third-order valence-corrected chi connectivity index (χ3v) is 6.40. The monoisotopic (exact) mass is 393 g/mol. The molecule has 1 saturated carbocycles. The van der Waals surface area contributed by atoms with Crippen molar-refractivity contribution in [3.63, 3.8) is 0 Å². The molecular formula is C23H27N3O3. The summed E-state index contributed by atoms with van der Waals surface area (Å²) in [6, 6.07) is 12.4. The Labute approximate surface area is 170 Å². The second-order valence-electron chi connectivity index (χ2n) is 8.39. The molecule has 6 nitrogen and oxygen atoms in total. The second-order valence-corrected chi connectivity index (χ2v) is 8.39. The lowest BCUT2D eigenvalue weighted by molar-refractivity contribution is -0.148. The number of aromatic nitrogens is 2. The van der Waals surface area contributed by atoms with E-state index in [0.717, 1.165) is 10.8 Å². The summed E-state index contributed by atoms with van der Waals surface area (Å²) < 4.78 is 2.12. The summed E-state index contributed by atoms with van der Waals surface area (Å²) in [7, 11) is 4.14. The topological polar surface area (TPSA) is 78.6 Å². The van der Waals surface area contributed by atoms with Crippen molar-refractivity contribution in [3.05, 3.63) is 66.2 Å². The van der Waals surface area contributed by atoms with Crippen LogP contribution in [0, 0.1) is 5.41 Å².